The largest absolute Gasteiger partial charge is 0.455 e. The molecule has 1 aromatic rings. The number of thioether (sulfide) groups is 1. The van der Waals surface area contributed by atoms with E-state index in [2.05, 4.69) is 5.32 Å². The predicted octanol–water partition coefficient (Wildman–Crippen LogP) is 3.07. The van der Waals surface area contributed by atoms with Gasteiger partial charge >= 0.3 is 0 Å². The maximum atomic E-state index is 12.6. The van der Waals surface area contributed by atoms with E-state index in [-0.39, 0.29) is 17.9 Å². The minimum absolute atomic E-state index is 0.0184. The molecule has 150 valence electrons. The molecular formula is C20H30N2O4S. The summed E-state index contributed by atoms with van der Waals surface area (Å²) in [6.07, 6.45) is 7.68. The number of piperidine rings is 1. The third kappa shape index (κ3) is 6.01. The summed E-state index contributed by atoms with van der Waals surface area (Å²) in [6.45, 7) is 2.92. The summed E-state index contributed by atoms with van der Waals surface area (Å²) >= 11 is 1.68. The van der Waals surface area contributed by atoms with Crippen LogP contribution < -0.4 is 5.32 Å². The first-order valence-corrected chi connectivity index (χ1v) is 11.3. The van der Waals surface area contributed by atoms with Crippen molar-refractivity contribution in [2.75, 3.05) is 32.5 Å². The average molecular weight is 395 g/mol. The van der Waals surface area contributed by atoms with Crippen LogP contribution in [0.5, 0.6) is 0 Å². The first-order chi connectivity index (χ1) is 13.2. The Morgan fingerprint density at radius 2 is 2.07 bits per heavy atom. The molecule has 7 heteroatoms. The minimum Gasteiger partial charge on any atom is -0.455 e. The maximum Gasteiger partial charge on any atom is 0.289 e. The number of hydrogen-bond acceptors (Lipinski definition) is 5. The predicted molar refractivity (Wildman–Crippen MR) is 106 cm³/mol. The highest BCUT2D eigenvalue weighted by Crippen LogP contribution is 2.24. The molecule has 2 saturated heterocycles. The fraction of sp³-hybridized carbons (Fsp3) is 0.700. The molecule has 0 aromatic carbocycles. The van der Waals surface area contributed by atoms with Crippen molar-refractivity contribution >= 4 is 23.6 Å². The second-order valence-corrected chi connectivity index (χ2v) is 8.28. The van der Waals surface area contributed by atoms with Crippen molar-refractivity contribution < 1.29 is 18.7 Å². The lowest BCUT2D eigenvalue weighted by Gasteiger charge is -2.31. The first kappa shape index (κ1) is 20.3. The molecule has 1 atom stereocenters. The topological polar surface area (TPSA) is 71.8 Å². The number of likely N-dealkylation sites (tertiary alicyclic amines) is 1. The lowest BCUT2D eigenvalue weighted by atomic mass is 9.92. The van der Waals surface area contributed by atoms with Gasteiger partial charge in [-0.1, -0.05) is 0 Å². The van der Waals surface area contributed by atoms with Gasteiger partial charge in [-0.3, -0.25) is 9.59 Å². The van der Waals surface area contributed by atoms with Gasteiger partial charge in [-0.2, -0.15) is 11.8 Å². The monoisotopic (exact) mass is 394 g/mol. The molecule has 2 aliphatic rings. The van der Waals surface area contributed by atoms with Crippen molar-refractivity contribution in [3.63, 3.8) is 0 Å². The van der Waals surface area contributed by atoms with Crippen LogP contribution in [0.3, 0.4) is 0 Å². The molecule has 27 heavy (non-hydrogen) atoms. The van der Waals surface area contributed by atoms with Crippen LogP contribution in [0.4, 0.5) is 0 Å². The lowest BCUT2D eigenvalue weighted by Crippen LogP contribution is -2.38. The Morgan fingerprint density at radius 3 is 2.78 bits per heavy atom. The molecule has 2 aliphatic heterocycles. The van der Waals surface area contributed by atoms with Crippen molar-refractivity contribution in [2.24, 2.45) is 5.92 Å². The van der Waals surface area contributed by atoms with E-state index in [1.165, 1.54) is 0 Å². The third-order valence-electron chi connectivity index (χ3n) is 5.39. The van der Waals surface area contributed by atoms with Crippen LogP contribution in [0.25, 0.3) is 0 Å². The van der Waals surface area contributed by atoms with Crippen LogP contribution >= 0.6 is 11.8 Å². The SMILES string of the molecule is CSCc1ccc(C(=O)N2CCC(CCC(=O)NC[C@@H]3CCCO3)CC2)o1. The molecule has 0 spiro atoms. The molecular weight excluding hydrogens is 364 g/mol. The second kappa shape index (κ2) is 10.2. The summed E-state index contributed by atoms with van der Waals surface area (Å²) in [5.41, 5.74) is 0. The van der Waals surface area contributed by atoms with Gasteiger partial charge < -0.3 is 19.4 Å². The normalized spacial score (nSPS) is 20.8. The Kier molecular flexibility index (Phi) is 7.64. The quantitative estimate of drug-likeness (QED) is 0.734. The standard InChI is InChI=1S/C20H30N2O4S/c1-27-14-17-5-6-18(26-17)20(24)22-10-8-15(9-11-22)4-7-19(23)21-13-16-3-2-12-25-16/h5-6,15-16H,2-4,7-14H2,1H3,(H,21,23)/t16-/m0/s1. The second-order valence-electron chi connectivity index (χ2n) is 7.41. The van der Waals surface area contributed by atoms with Crippen LogP contribution in [0.15, 0.2) is 16.5 Å². The van der Waals surface area contributed by atoms with Crippen molar-refractivity contribution in [1.29, 1.82) is 0 Å². The maximum absolute atomic E-state index is 12.6. The minimum atomic E-state index is -0.0184. The summed E-state index contributed by atoms with van der Waals surface area (Å²) in [7, 11) is 0. The smallest absolute Gasteiger partial charge is 0.289 e. The van der Waals surface area contributed by atoms with Gasteiger partial charge in [0, 0.05) is 32.7 Å². The zero-order valence-corrected chi connectivity index (χ0v) is 16.9. The highest BCUT2D eigenvalue weighted by molar-refractivity contribution is 7.97. The molecule has 1 aromatic heterocycles. The lowest BCUT2D eigenvalue weighted by molar-refractivity contribution is -0.122. The summed E-state index contributed by atoms with van der Waals surface area (Å²) in [6, 6.07) is 3.66. The summed E-state index contributed by atoms with van der Waals surface area (Å²) in [4.78, 5) is 26.4. The van der Waals surface area contributed by atoms with E-state index >= 15 is 0 Å². The van der Waals surface area contributed by atoms with Gasteiger partial charge in [-0.05, 0) is 56.4 Å². The van der Waals surface area contributed by atoms with E-state index in [0.29, 0.717) is 24.6 Å². The van der Waals surface area contributed by atoms with E-state index in [9.17, 15) is 9.59 Å². The first-order valence-electron chi connectivity index (χ1n) is 9.91. The number of carbonyl (C=O) groups excluding carboxylic acids is 2. The third-order valence-corrected chi connectivity index (χ3v) is 5.96. The van der Waals surface area contributed by atoms with E-state index in [1.807, 2.05) is 17.2 Å². The van der Waals surface area contributed by atoms with Crippen LogP contribution in [0.1, 0.15) is 54.8 Å². The number of ether oxygens (including phenoxy) is 1. The Bertz CT molecular complexity index is 619. The highest BCUT2D eigenvalue weighted by Gasteiger charge is 2.26. The van der Waals surface area contributed by atoms with Gasteiger partial charge in [-0.25, -0.2) is 0 Å². The van der Waals surface area contributed by atoms with E-state index in [1.54, 1.807) is 17.8 Å². The molecule has 1 N–H and O–H groups in total. The number of nitrogens with zero attached hydrogens (tertiary/aromatic N) is 1. The number of furan rings is 1. The summed E-state index contributed by atoms with van der Waals surface area (Å²) in [5, 5.41) is 2.98. The molecule has 0 saturated carbocycles. The molecule has 0 radical (unpaired) electrons. The average Bonchev–Trinajstić information content (AvgIpc) is 3.37. The number of hydrogen-bond donors (Lipinski definition) is 1. The van der Waals surface area contributed by atoms with Gasteiger partial charge in [-0.15, -0.1) is 0 Å². The van der Waals surface area contributed by atoms with Gasteiger partial charge in [0.15, 0.2) is 5.76 Å². The molecule has 0 bridgehead atoms. The fourth-order valence-electron chi connectivity index (χ4n) is 3.75. The Balaban J connectivity index is 1.34. The number of nitrogens with one attached hydrogen (secondary N) is 1. The van der Waals surface area contributed by atoms with E-state index < -0.39 is 0 Å². The van der Waals surface area contributed by atoms with Crippen molar-refractivity contribution in [3.8, 4) is 0 Å². The van der Waals surface area contributed by atoms with Crippen LogP contribution in [-0.4, -0.2) is 55.3 Å². The molecule has 3 rings (SSSR count). The Labute approximate surface area is 165 Å². The van der Waals surface area contributed by atoms with Crippen LogP contribution in [-0.2, 0) is 15.3 Å². The zero-order valence-electron chi connectivity index (χ0n) is 16.1. The molecule has 3 heterocycles. The molecule has 0 unspecified atom stereocenters. The van der Waals surface area contributed by atoms with Gasteiger partial charge in [0.25, 0.3) is 5.91 Å². The number of amides is 2. The van der Waals surface area contributed by atoms with E-state index in [4.69, 9.17) is 9.15 Å². The zero-order chi connectivity index (χ0) is 19.1. The Morgan fingerprint density at radius 1 is 1.26 bits per heavy atom. The summed E-state index contributed by atoms with van der Waals surface area (Å²) < 4.78 is 11.2. The molecule has 2 amide bonds. The number of rotatable bonds is 8. The van der Waals surface area contributed by atoms with Gasteiger partial charge in [0.1, 0.15) is 5.76 Å². The number of carbonyl (C=O) groups is 2. The molecule has 2 fully saturated rings. The van der Waals surface area contributed by atoms with Crippen molar-refractivity contribution in [2.45, 2.75) is 50.4 Å². The fourth-order valence-corrected chi connectivity index (χ4v) is 4.19. The Hall–Kier alpha value is -1.47. The summed E-state index contributed by atoms with van der Waals surface area (Å²) in [5.74, 6) is 2.66. The molecule has 6 nitrogen and oxygen atoms in total. The van der Waals surface area contributed by atoms with Gasteiger partial charge in [0.05, 0.1) is 11.9 Å². The van der Waals surface area contributed by atoms with Crippen LogP contribution in [0.2, 0.25) is 0 Å². The van der Waals surface area contributed by atoms with E-state index in [0.717, 1.165) is 63.3 Å². The molecule has 0 aliphatic carbocycles. The highest BCUT2D eigenvalue weighted by atomic mass is 32.2. The van der Waals surface area contributed by atoms with Crippen LogP contribution in [0, 0.1) is 5.92 Å². The van der Waals surface area contributed by atoms with Crippen molar-refractivity contribution in [1.82, 2.24) is 10.2 Å². The van der Waals surface area contributed by atoms with Gasteiger partial charge in [0.2, 0.25) is 5.91 Å². The van der Waals surface area contributed by atoms with Crippen molar-refractivity contribution in [3.05, 3.63) is 23.7 Å².